The average Bonchev–Trinajstić information content (AvgIpc) is 3.19. The molecule has 162 valence electrons. The Morgan fingerprint density at radius 2 is 1.90 bits per heavy atom. The summed E-state index contributed by atoms with van der Waals surface area (Å²) in [4.78, 5) is 34.4. The van der Waals surface area contributed by atoms with Crippen molar-refractivity contribution in [2.75, 3.05) is 20.2 Å². The lowest BCUT2D eigenvalue weighted by Crippen LogP contribution is -2.44. The molecule has 2 atom stereocenters. The molecule has 8 nitrogen and oxygen atoms in total. The van der Waals surface area contributed by atoms with E-state index in [-0.39, 0.29) is 5.91 Å². The van der Waals surface area contributed by atoms with Gasteiger partial charge < -0.3 is 20.3 Å². The molecule has 2 aromatic rings. The van der Waals surface area contributed by atoms with Crippen molar-refractivity contribution in [2.45, 2.75) is 32.4 Å². The highest BCUT2D eigenvalue weighted by molar-refractivity contribution is 7.10. The number of ether oxygens (including phenoxy) is 1. The van der Waals surface area contributed by atoms with Crippen LogP contribution in [0, 0.1) is 0 Å². The summed E-state index contributed by atoms with van der Waals surface area (Å²) in [6.45, 7) is 6.02. The number of fused-ring (bicyclic) bond motifs is 1. The van der Waals surface area contributed by atoms with Gasteiger partial charge in [0.1, 0.15) is 5.75 Å². The van der Waals surface area contributed by atoms with Gasteiger partial charge in [0.15, 0.2) is 0 Å². The number of aliphatic carboxylic acids is 2. The van der Waals surface area contributed by atoms with Gasteiger partial charge in [0.25, 0.3) is 5.91 Å². The standard InChI is InChI=1S/C19H24N2O2S.C2H2O4/c1-13-11-15-7-10-24-18(15)14(2)21(13)9-8-20-19(22)16-5-4-6-17(12-16)23-3;3-1(4)2(5)6/h4-7,10,12-14H,8-9,11H2,1-3H3,(H,20,22);(H,3,4)(H,5,6)/t13-,14+;/m1./s1. The summed E-state index contributed by atoms with van der Waals surface area (Å²) in [6, 6.07) is 10.4. The topological polar surface area (TPSA) is 116 Å². The highest BCUT2D eigenvalue weighted by Crippen LogP contribution is 2.35. The van der Waals surface area contributed by atoms with Gasteiger partial charge in [-0.2, -0.15) is 0 Å². The molecule has 1 aromatic heterocycles. The molecule has 0 saturated carbocycles. The highest BCUT2D eigenvalue weighted by Gasteiger charge is 2.29. The van der Waals surface area contributed by atoms with E-state index in [2.05, 4.69) is 35.5 Å². The lowest BCUT2D eigenvalue weighted by atomic mass is 9.97. The van der Waals surface area contributed by atoms with Crippen molar-refractivity contribution in [2.24, 2.45) is 0 Å². The molecule has 1 amide bonds. The number of carbonyl (C=O) groups excluding carboxylic acids is 1. The third-order valence-electron chi connectivity index (χ3n) is 4.91. The second kappa shape index (κ2) is 10.7. The smallest absolute Gasteiger partial charge is 0.414 e. The van der Waals surface area contributed by atoms with Crippen molar-refractivity contribution in [3.05, 3.63) is 51.7 Å². The van der Waals surface area contributed by atoms with Gasteiger partial charge >= 0.3 is 11.9 Å². The summed E-state index contributed by atoms with van der Waals surface area (Å²) < 4.78 is 5.17. The number of carboxylic acid groups (broad SMARTS) is 2. The number of thiophene rings is 1. The molecule has 0 saturated heterocycles. The summed E-state index contributed by atoms with van der Waals surface area (Å²) in [6.07, 6.45) is 1.09. The molecule has 9 heteroatoms. The first-order valence-electron chi connectivity index (χ1n) is 9.45. The first-order chi connectivity index (χ1) is 14.2. The van der Waals surface area contributed by atoms with Crippen LogP contribution in [-0.2, 0) is 16.0 Å². The number of hydrogen-bond donors (Lipinski definition) is 3. The van der Waals surface area contributed by atoms with Gasteiger partial charge in [-0.15, -0.1) is 11.3 Å². The van der Waals surface area contributed by atoms with E-state index in [1.54, 1.807) is 13.2 Å². The third-order valence-corrected chi connectivity index (χ3v) is 6.04. The highest BCUT2D eigenvalue weighted by atomic mass is 32.1. The molecule has 1 aliphatic heterocycles. The van der Waals surface area contributed by atoms with Crippen LogP contribution in [0.15, 0.2) is 35.7 Å². The monoisotopic (exact) mass is 434 g/mol. The van der Waals surface area contributed by atoms with Gasteiger partial charge in [0, 0.05) is 35.6 Å². The summed E-state index contributed by atoms with van der Waals surface area (Å²) in [5, 5.41) is 20.0. The molecule has 0 spiro atoms. The van der Waals surface area contributed by atoms with E-state index in [1.165, 1.54) is 10.4 Å². The minimum Gasteiger partial charge on any atom is -0.497 e. The molecule has 0 unspecified atom stereocenters. The van der Waals surface area contributed by atoms with E-state index in [1.807, 2.05) is 29.5 Å². The molecule has 0 radical (unpaired) electrons. The van der Waals surface area contributed by atoms with Crippen LogP contribution in [0.4, 0.5) is 0 Å². The Labute approximate surface area is 179 Å². The molecule has 3 N–H and O–H groups in total. The van der Waals surface area contributed by atoms with Crippen molar-refractivity contribution in [1.29, 1.82) is 0 Å². The van der Waals surface area contributed by atoms with Crippen LogP contribution >= 0.6 is 11.3 Å². The minimum absolute atomic E-state index is 0.0528. The lowest BCUT2D eigenvalue weighted by Gasteiger charge is -2.38. The number of hydrogen-bond acceptors (Lipinski definition) is 6. The van der Waals surface area contributed by atoms with Crippen molar-refractivity contribution in [1.82, 2.24) is 10.2 Å². The number of amides is 1. The second-order valence-electron chi connectivity index (χ2n) is 6.88. The predicted molar refractivity (Wildman–Crippen MR) is 113 cm³/mol. The SMILES string of the molecule is COc1cccc(C(=O)NCCN2[C@H](C)Cc3ccsc3[C@@H]2C)c1.O=C(O)C(=O)O. The zero-order valence-electron chi connectivity index (χ0n) is 17.1. The van der Waals surface area contributed by atoms with Crippen LogP contribution in [0.2, 0.25) is 0 Å². The van der Waals surface area contributed by atoms with Crippen LogP contribution in [0.3, 0.4) is 0 Å². The number of carbonyl (C=O) groups is 3. The van der Waals surface area contributed by atoms with Crippen LogP contribution in [0.25, 0.3) is 0 Å². The van der Waals surface area contributed by atoms with Crippen LogP contribution in [-0.4, -0.2) is 59.2 Å². The van der Waals surface area contributed by atoms with E-state index >= 15 is 0 Å². The molecule has 3 rings (SSSR count). The fourth-order valence-corrected chi connectivity index (χ4v) is 4.44. The van der Waals surface area contributed by atoms with Crippen LogP contribution in [0.1, 0.15) is 40.7 Å². The minimum atomic E-state index is -1.82. The fourth-order valence-electron chi connectivity index (χ4n) is 3.43. The normalized spacial score (nSPS) is 17.8. The number of rotatable bonds is 5. The van der Waals surface area contributed by atoms with Gasteiger partial charge in [0.2, 0.25) is 0 Å². The Bertz CT molecular complexity index is 885. The van der Waals surface area contributed by atoms with E-state index in [4.69, 9.17) is 24.5 Å². The quantitative estimate of drug-likeness (QED) is 0.620. The second-order valence-corrected chi connectivity index (χ2v) is 7.82. The van der Waals surface area contributed by atoms with E-state index < -0.39 is 11.9 Å². The maximum absolute atomic E-state index is 12.3. The first-order valence-corrected chi connectivity index (χ1v) is 10.3. The Balaban J connectivity index is 0.000000469. The van der Waals surface area contributed by atoms with Gasteiger partial charge in [-0.1, -0.05) is 6.07 Å². The summed E-state index contributed by atoms with van der Waals surface area (Å²) in [5.74, 6) is -3.00. The zero-order chi connectivity index (χ0) is 22.3. The van der Waals surface area contributed by atoms with Gasteiger partial charge in [-0.25, -0.2) is 9.59 Å². The predicted octanol–water partition coefficient (Wildman–Crippen LogP) is 2.65. The fraction of sp³-hybridized carbons (Fsp3) is 0.381. The number of carboxylic acids is 2. The van der Waals surface area contributed by atoms with E-state index in [0.29, 0.717) is 29.9 Å². The molecule has 0 fully saturated rings. The van der Waals surface area contributed by atoms with Gasteiger partial charge in [0.05, 0.1) is 7.11 Å². The molecular weight excluding hydrogens is 408 g/mol. The summed E-state index contributed by atoms with van der Waals surface area (Å²) in [5.41, 5.74) is 2.12. The number of benzene rings is 1. The third kappa shape index (κ3) is 6.04. The Morgan fingerprint density at radius 1 is 1.20 bits per heavy atom. The Hall–Kier alpha value is -2.91. The van der Waals surface area contributed by atoms with Gasteiger partial charge in [-0.3, -0.25) is 9.69 Å². The first kappa shape index (κ1) is 23.4. The Kier molecular flexibility index (Phi) is 8.37. The summed E-state index contributed by atoms with van der Waals surface area (Å²) >= 11 is 1.84. The van der Waals surface area contributed by atoms with Gasteiger partial charge in [-0.05, 0) is 55.5 Å². The summed E-state index contributed by atoms with van der Waals surface area (Å²) in [7, 11) is 1.61. The molecule has 0 aliphatic carbocycles. The molecule has 30 heavy (non-hydrogen) atoms. The molecule has 1 aliphatic rings. The molecule has 1 aromatic carbocycles. The van der Waals surface area contributed by atoms with Crippen LogP contribution in [0.5, 0.6) is 5.75 Å². The zero-order valence-corrected chi connectivity index (χ0v) is 17.9. The number of methoxy groups -OCH3 is 1. The Morgan fingerprint density at radius 3 is 2.53 bits per heavy atom. The maximum atomic E-state index is 12.3. The molecular formula is C21H26N2O6S. The largest absolute Gasteiger partial charge is 0.497 e. The lowest BCUT2D eigenvalue weighted by molar-refractivity contribution is -0.159. The number of nitrogens with zero attached hydrogens (tertiary/aromatic N) is 1. The van der Waals surface area contributed by atoms with E-state index in [0.717, 1.165) is 13.0 Å². The van der Waals surface area contributed by atoms with Crippen LogP contribution < -0.4 is 10.1 Å². The van der Waals surface area contributed by atoms with Crippen molar-refractivity contribution >= 4 is 29.2 Å². The van der Waals surface area contributed by atoms with Crippen molar-refractivity contribution in [3.8, 4) is 5.75 Å². The van der Waals surface area contributed by atoms with Crippen molar-refractivity contribution in [3.63, 3.8) is 0 Å². The number of nitrogens with one attached hydrogen (secondary N) is 1. The van der Waals surface area contributed by atoms with E-state index in [9.17, 15) is 4.79 Å². The molecule has 2 heterocycles. The molecule has 0 bridgehead atoms. The van der Waals surface area contributed by atoms with Crippen molar-refractivity contribution < 1.29 is 29.3 Å². The maximum Gasteiger partial charge on any atom is 0.414 e. The average molecular weight is 435 g/mol.